The maximum atomic E-state index is 13.0. The first kappa shape index (κ1) is 22.6. The van der Waals surface area contributed by atoms with Crippen molar-refractivity contribution >= 4 is 23.8 Å². The van der Waals surface area contributed by atoms with E-state index >= 15 is 0 Å². The van der Waals surface area contributed by atoms with E-state index in [1.54, 1.807) is 13.8 Å². The molecule has 1 fully saturated rings. The van der Waals surface area contributed by atoms with Crippen LogP contribution in [0.1, 0.15) is 41.4 Å². The van der Waals surface area contributed by atoms with Crippen molar-refractivity contribution in [2.45, 2.75) is 19.8 Å². The molecule has 2 N–H and O–H groups in total. The molecule has 1 aliphatic heterocycles. The third-order valence-electron chi connectivity index (χ3n) is 7.13. The van der Waals surface area contributed by atoms with Crippen LogP contribution >= 0.6 is 0 Å². The van der Waals surface area contributed by atoms with Gasteiger partial charge in [-0.3, -0.25) is 14.9 Å². The molecule has 10 heteroatoms. The van der Waals surface area contributed by atoms with E-state index in [2.05, 4.69) is 15.6 Å². The van der Waals surface area contributed by atoms with Crippen LogP contribution < -0.4 is 5.32 Å². The Labute approximate surface area is 200 Å². The van der Waals surface area contributed by atoms with Crippen LogP contribution in [0.4, 0.5) is 10.6 Å². The van der Waals surface area contributed by atoms with Crippen LogP contribution in [-0.2, 0) is 9.53 Å². The van der Waals surface area contributed by atoms with Gasteiger partial charge in [0.05, 0.1) is 5.41 Å². The number of anilines is 1. The number of nitrogens with zero attached hydrogens (tertiary/aromatic N) is 3. The van der Waals surface area contributed by atoms with E-state index < -0.39 is 23.4 Å². The fourth-order valence-corrected chi connectivity index (χ4v) is 4.87. The molecule has 35 heavy (non-hydrogen) atoms. The van der Waals surface area contributed by atoms with Crippen molar-refractivity contribution in [3.63, 3.8) is 0 Å². The number of fused-ring (bicyclic) bond motifs is 3. The molecule has 2 heterocycles. The Morgan fingerprint density at radius 3 is 2.34 bits per heavy atom. The van der Waals surface area contributed by atoms with Crippen LogP contribution in [0.5, 0.6) is 0 Å². The lowest BCUT2D eigenvalue weighted by Crippen LogP contribution is -2.36. The van der Waals surface area contributed by atoms with Gasteiger partial charge in [-0.15, -0.1) is 0 Å². The van der Waals surface area contributed by atoms with Crippen molar-refractivity contribution in [2.75, 3.05) is 25.0 Å². The van der Waals surface area contributed by atoms with Gasteiger partial charge in [0, 0.05) is 19.0 Å². The summed E-state index contributed by atoms with van der Waals surface area (Å²) in [5, 5.41) is 19.3. The summed E-state index contributed by atoms with van der Waals surface area (Å²) in [6.45, 7) is 3.72. The third-order valence-corrected chi connectivity index (χ3v) is 7.13. The fraction of sp³-hybridized carbons (Fsp3) is 0.320. The van der Waals surface area contributed by atoms with Crippen molar-refractivity contribution in [2.24, 2.45) is 11.3 Å². The van der Waals surface area contributed by atoms with Crippen molar-refractivity contribution in [1.29, 1.82) is 0 Å². The first-order valence-electron chi connectivity index (χ1n) is 11.3. The zero-order valence-electron chi connectivity index (χ0n) is 19.2. The van der Waals surface area contributed by atoms with E-state index in [4.69, 9.17) is 9.37 Å². The topological polar surface area (TPSA) is 135 Å². The number of carbonyl (C=O) groups excluding carboxylic acids is 2. The Morgan fingerprint density at radius 1 is 1.11 bits per heavy atom. The molecule has 1 saturated heterocycles. The number of carboxylic acid groups (broad SMARTS) is 1. The summed E-state index contributed by atoms with van der Waals surface area (Å²) in [6, 6.07) is 16.0. The lowest BCUT2D eigenvalue weighted by molar-refractivity contribution is -0.148. The lowest BCUT2D eigenvalue weighted by Gasteiger charge is -2.22. The summed E-state index contributed by atoms with van der Waals surface area (Å²) in [4.78, 5) is 38.6. The molecule has 2 aliphatic rings. The van der Waals surface area contributed by atoms with Gasteiger partial charge in [0.25, 0.3) is 5.91 Å². The molecule has 2 atom stereocenters. The average molecular weight is 476 g/mol. The number of ether oxygens (including phenoxy) is 1. The molecular weight excluding hydrogens is 452 g/mol. The molecular formula is C25H24N4O6. The van der Waals surface area contributed by atoms with Crippen LogP contribution in [0.15, 0.2) is 53.2 Å². The molecule has 5 rings (SSSR count). The largest absolute Gasteiger partial charge is 0.481 e. The molecule has 0 bridgehead atoms. The van der Waals surface area contributed by atoms with E-state index in [0.717, 1.165) is 22.3 Å². The van der Waals surface area contributed by atoms with Gasteiger partial charge in [0.2, 0.25) is 11.5 Å². The number of amides is 2. The molecule has 0 saturated carbocycles. The SMILES string of the molecule is CC1CN(C(=O)c2nonc2NC(=O)OCC2c3ccccc3-c3ccccc32)CC1(C)C(=O)O. The fourth-order valence-electron chi connectivity index (χ4n) is 4.87. The lowest BCUT2D eigenvalue weighted by atomic mass is 9.81. The molecule has 2 amide bonds. The summed E-state index contributed by atoms with van der Waals surface area (Å²) in [6.07, 6.45) is -0.804. The van der Waals surface area contributed by atoms with E-state index in [1.807, 2.05) is 48.5 Å². The Balaban J connectivity index is 1.26. The molecule has 0 spiro atoms. The number of nitrogens with one attached hydrogen (secondary N) is 1. The summed E-state index contributed by atoms with van der Waals surface area (Å²) in [5.74, 6) is -2.11. The number of hydrogen-bond acceptors (Lipinski definition) is 7. The number of carbonyl (C=O) groups is 3. The van der Waals surface area contributed by atoms with Gasteiger partial charge in [0.1, 0.15) is 6.61 Å². The average Bonchev–Trinajstić information content (AvgIpc) is 3.52. The zero-order valence-corrected chi connectivity index (χ0v) is 19.2. The van der Waals surface area contributed by atoms with Crippen molar-refractivity contribution in [3.8, 4) is 11.1 Å². The van der Waals surface area contributed by atoms with Crippen LogP contribution in [0.3, 0.4) is 0 Å². The van der Waals surface area contributed by atoms with Crippen molar-refractivity contribution in [1.82, 2.24) is 15.2 Å². The summed E-state index contributed by atoms with van der Waals surface area (Å²) < 4.78 is 10.2. The minimum Gasteiger partial charge on any atom is -0.481 e. The summed E-state index contributed by atoms with van der Waals surface area (Å²) in [7, 11) is 0. The molecule has 2 aromatic carbocycles. The van der Waals surface area contributed by atoms with Crippen LogP contribution in [-0.4, -0.2) is 58.0 Å². The standard InChI is InChI=1S/C25H24N4O6/c1-14-11-29(13-25(14,2)23(31)32)22(30)20-21(28-35-27-20)26-24(33)34-12-19-17-9-5-3-7-15(17)16-8-4-6-10-18(16)19/h3-10,14,19H,11-13H2,1-2H3,(H,31,32)(H,26,28,33). The molecule has 10 nitrogen and oxygen atoms in total. The Kier molecular flexibility index (Phi) is 5.50. The highest BCUT2D eigenvalue weighted by atomic mass is 16.6. The first-order valence-corrected chi connectivity index (χ1v) is 11.3. The molecule has 1 aliphatic carbocycles. The van der Waals surface area contributed by atoms with Crippen LogP contribution in [0, 0.1) is 11.3 Å². The quantitative estimate of drug-likeness (QED) is 0.570. The van der Waals surface area contributed by atoms with Gasteiger partial charge in [-0.25, -0.2) is 9.42 Å². The second-order valence-electron chi connectivity index (χ2n) is 9.22. The van der Waals surface area contributed by atoms with E-state index in [9.17, 15) is 19.5 Å². The number of aromatic nitrogens is 2. The second-order valence-corrected chi connectivity index (χ2v) is 9.22. The number of hydrogen-bond donors (Lipinski definition) is 2. The second kappa shape index (κ2) is 8.53. The smallest absolute Gasteiger partial charge is 0.412 e. The predicted molar refractivity (Wildman–Crippen MR) is 124 cm³/mol. The number of benzene rings is 2. The van der Waals surface area contributed by atoms with E-state index in [0.29, 0.717) is 0 Å². The number of rotatable bonds is 5. The minimum atomic E-state index is -1.08. The highest BCUT2D eigenvalue weighted by molar-refractivity contribution is 6.00. The highest BCUT2D eigenvalue weighted by Crippen LogP contribution is 2.44. The van der Waals surface area contributed by atoms with E-state index in [-0.39, 0.29) is 43.0 Å². The number of aliphatic carboxylic acids is 1. The van der Waals surface area contributed by atoms with Crippen molar-refractivity contribution < 1.29 is 28.9 Å². The maximum absolute atomic E-state index is 13.0. The van der Waals surface area contributed by atoms with Gasteiger partial charge < -0.3 is 14.7 Å². The zero-order chi connectivity index (χ0) is 24.7. The Morgan fingerprint density at radius 2 is 1.74 bits per heavy atom. The highest BCUT2D eigenvalue weighted by Gasteiger charge is 2.48. The predicted octanol–water partition coefficient (Wildman–Crippen LogP) is 3.61. The monoisotopic (exact) mass is 476 g/mol. The molecule has 1 aromatic heterocycles. The van der Waals surface area contributed by atoms with Gasteiger partial charge >= 0.3 is 12.1 Å². The number of carboxylic acids is 1. The third kappa shape index (κ3) is 3.80. The Hall–Kier alpha value is -4.21. The molecule has 180 valence electrons. The normalized spacial score (nSPS) is 20.9. The van der Waals surface area contributed by atoms with Crippen molar-refractivity contribution in [3.05, 3.63) is 65.4 Å². The van der Waals surface area contributed by atoms with E-state index in [1.165, 1.54) is 4.90 Å². The molecule has 2 unspecified atom stereocenters. The molecule has 0 radical (unpaired) electrons. The van der Waals surface area contributed by atoms with Gasteiger partial charge in [-0.05, 0) is 45.4 Å². The summed E-state index contributed by atoms with van der Waals surface area (Å²) >= 11 is 0. The first-order chi connectivity index (χ1) is 16.8. The van der Waals surface area contributed by atoms with Gasteiger partial charge in [-0.1, -0.05) is 55.5 Å². The summed E-state index contributed by atoms with van der Waals surface area (Å²) in [5.41, 5.74) is 3.08. The van der Waals surface area contributed by atoms with Crippen LogP contribution in [0.25, 0.3) is 11.1 Å². The number of likely N-dealkylation sites (tertiary alicyclic amines) is 1. The van der Waals surface area contributed by atoms with Gasteiger partial charge in [-0.2, -0.15) is 0 Å². The van der Waals surface area contributed by atoms with Crippen LogP contribution in [0.2, 0.25) is 0 Å². The maximum Gasteiger partial charge on any atom is 0.412 e. The van der Waals surface area contributed by atoms with Gasteiger partial charge in [0.15, 0.2) is 0 Å². The Bertz CT molecular complexity index is 1280. The molecule has 3 aromatic rings. The minimum absolute atomic E-state index is 0.0135.